The molecule has 4 aliphatic carbocycles. The van der Waals surface area contributed by atoms with Crippen molar-refractivity contribution >= 4 is 15.9 Å². The zero-order valence-corrected chi connectivity index (χ0v) is 21.6. The Kier molecular flexibility index (Phi) is 6.02. The van der Waals surface area contributed by atoms with Crippen LogP contribution in [0, 0.1) is 46.3 Å². The third-order valence-corrected chi connectivity index (χ3v) is 10.7. The third-order valence-electron chi connectivity index (χ3n) is 10.1. The molecule has 8 atom stereocenters. The molecule has 0 aromatic rings. The SMILES string of the molecule is CC(C)[C@@H](C)/C=C/[C@@H](C)[C@H]1CC[C@H]2C3=CC=C4C[C@](O)(Br)CC[C@]4(C)[C@H]3CC[C@]12C. The number of aliphatic hydroxyl groups is 1. The number of halogens is 1. The van der Waals surface area contributed by atoms with Gasteiger partial charge in [-0.2, -0.15) is 0 Å². The van der Waals surface area contributed by atoms with Gasteiger partial charge < -0.3 is 5.11 Å². The van der Waals surface area contributed by atoms with Gasteiger partial charge in [0.25, 0.3) is 0 Å². The van der Waals surface area contributed by atoms with Crippen molar-refractivity contribution in [3.05, 3.63) is 35.5 Å². The lowest BCUT2D eigenvalue weighted by atomic mass is 9.50. The smallest absolute Gasteiger partial charge is 0.123 e. The fourth-order valence-electron chi connectivity index (χ4n) is 7.56. The molecule has 0 saturated heterocycles. The van der Waals surface area contributed by atoms with Gasteiger partial charge in [-0.15, -0.1) is 0 Å². The summed E-state index contributed by atoms with van der Waals surface area (Å²) in [5.41, 5.74) is 3.92. The standard InChI is InChI=1S/C28H43BrO/c1-18(2)19(3)7-8-20(4)23-11-12-24-22-10-9-21-17-28(29,30)16-15-26(21,5)25(22)13-14-27(23,24)6/h7-10,18-20,23-25,30H,11-17H2,1-6H3/b8-7+/t19-,20+,23+,24-,25-,26-,27+,28-/m0/s1. The lowest BCUT2D eigenvalue weighted by molar-refractivity contribution is 0.0303. The predicted molar refractivity (Wildman–Crippen MR) is 131 cm³/mol. The highest BCUT2D eigenvalue weighted by atomic mass is 79.9. The minimum absolute atomic E-state index is 0.252. The molecular formula is C28H43BrO. The molecule has 0 aromatic heterocycles. The lowest BCUT2D eigenvalue weighted by Crippen LogP contribution is -2.47. The van der Waals surface area contributed by atoms with Crippen molar-refractivity contribution in [3.8, 4) is 0 Å². The van der Waals surface area contributed by atoms with Crippen LogP contribution in [0.25, 0.3) is 0 Å². The van der Waals surface area contributed by atoms with Gasteiger partial charge in [-0.25, -0.2) is 0 Å². The van der Waals surface area contributed by atoms with E-state index in [1.54, 1.807) is 5.57 Å². The Morgan fingerprint density at radius 2 is 1.70 bits per heavy atom. The number of alkyl halides is 1. The molecule has 30 heavy (non-hydrogen) atoms. The number of hydrogen-bond acceptors (Lipinski definition) is 1. The van der Waals surface area contributed by atoms with E-state index in [-0.39, 0.29) is 5.41 Å². The maximum absolute atomic E-state index is 10.6. The Balaban J connectivity index is 1.58. The van der Waals surface area contributed by atoms with Crippen molar-refractivity contribution in [2.45, 2.75) is 91.0 Å². The number of fused-ring (bicyclic) bond motifs is 5. The minimum atomic E-state index is -0.694. The van der Waals surface area contributed by atoms with Crippen LogP contribution in [-0.2, 0) is 0 Å². The molecule has 4 aliphatic rings. The van der Waals surface area contributed by atoms with Crippen molar-refractivity contribution in [1.82, 2.24) is 0 Å². The van der Waals surface area contributed by atoms with Crippen LogP contribution in [0.5, 0.6) is 0 Å². The normalized spacial score (nSPS) is 45.4. The summed E-state index contributed by atoms with van der Waals surface area (Å²) in [6.45, 7) is 14.6. The van der Waals surface area contributed by atoms with E-state index in [9.17, 15) is 5.11 Å². The van der Waals surface area contributed by atoms with E-state index in [1.165, 1.54) is 31.3 Å². The second-order valence-electron chi connectivity index (χ2n) is 12.1. The van der Waals surface area contributed by atoms with Crippen molar-refractivity contribution in [2.24, 2.45) is 46.3 Å². The second-order valence-corrected chi connectivity index (χ2v) is 13.5. The van der Waals surface area contributed by atoms with E-state index in [1.807, 2.05) is 0 Å². The first-order chi connectivity index (χ1) is 14.0. The van der Waals surface area contributed by atoms with Gasteiger partial charge in [-0.05, 0) is 84.9 Å². The van der Waals surface area contributed by atoms with Crippen LogP contribution >= 0.6 is 15.9 Å². The monoisotopic (exact) mass is 474 g/mol. The molecule has 168 valence electrons. The molecule has 0 aliphatic heterocycles. The largest absolute Gasteiger partial charge is 0.379 e. The van der Waals surface area contributed by atoms with Crippen LogP contribution in [0.2, 0.25) is 0 Å². The molecule has 0 radical (unpaired) electrons. The van der Waals surface area contributed by atoms with E-state index in [0.717, 1.165) is 37.0 Å². The number of rotatable bonds is 4. The van der Waals surface area contributed by atoms with Crippen LogP contribution in [0.15, 0.2) is 35.5 Å². The van der Waals surface area contributed by atoms with Gasteiger partial charge >= 0.3 is 0 Å². The molecule has 3 fully saturated rings. The van der Waals surface area contributed by atoms with E-state index >= 15 is 0 Å². The Morgan fingerprint density at radius 3 is 2.40 bits per heavy atom. The molecule has 1 N–H and O–H groups in total. The van der Waals surface area contributed by atoms with Gasteiger partial charge in [0, 0.05) is 6.42 Å². The van der Waals surface area contributed by atoms with Crippen LogP contribution in [0.4, 0.5) is 0 Å². The van der Waals surface area contributed by atoms with Crippen LogP contribution in [-0.4, -0.2) is 9.62 Å². The fourth-order valence-corrected chi connectivity index (χ4v) is 8.06. The van der Waals surface area contributed by atoms with Gasteiger partial charge in [0.05, 0.1) is 0 Å². The van der Waals surface area contributed by atoms with Crippen molar-refractivity contribution in [2.75, 3.05) is 0 Å². The molecule has 0 aromatic carbocycles. The quantitative estimate of drug-likeness (QED) is 0.322. The zero-order chi connectivity index (χ0) is 21.9. The summed E-state index contributed by atoms with van der Waals surface area (Å²) in [4.78, 5) is 0. The van der Waals surface area contributed by atoms with E-state index in [4.69, 9.17) is 0 Å². The van der Waals surface area contributed by atoms with E-state index < -0.39 is 4.51 Å². The van der Waals surface area contributed by atoms with Crippen LogP contribution in [0.3, 0.4) is 0 Å². The fraction of sp³-hybridized carbons (Fsp3) is 0.786. The molecule has 2 heteroatoms. The van der Waals surface area contributed by atoms with Crippen LogP contribution in [0.1, 0.15) is 86.5 Å². The summed E-state index contributed by atoms with van der Waals surface area (Å²) in [7, 11) is 0. The number of allylic oxidation sites excluding steroid dienone is 5. The first kappa shape index (κ1) is 22.8. The first-order valence-electron chi connectivity index (χ1n) is 12.5. The summed E-state index contributed by atoms with van der Waals surface area (Å²) in [6, 6.07) is 0. The molecule has 0 spiro atoms. The molecular weight excluding hydrogens is 432 g/mol. The topological polar surface area (TPSA) is 20.2 Å². The van der Waals surface area contributed by atoms with Gasteiger partial charge in [-0.3, -0.25) is 0 Å². The summed E-state index contributed by atoms with van der Waals surface area (Å²) < 4.78 is -0.694. The molecule has 1 nitrogen and oxygen atoms in total. The maximum atomic E-state index is 10.6. The zero-order valence-electron chi connectivity index (χ0n) is 20.0. The van der Waals surface area contributed by atoms with Gasteiger partial charge in [-0.1, -0.05) is 92.9 Å². The van der Waals surface area contributed by atoms with Crippen molar-refractivity contribution in [3.63, 3.8) is 0 Å². The molecule has 0 bridgehead atoms. The van der Waals surface area contributed by atoms with Crippen molar-refractivity contribution in [1.29, 1.82) is 0 Å². The maximum Gasteiger partial charge on any atom is 0.123 e. The van der Waals surface area contributed by atoms with E-state index in [0.29, 0.717) is 23.2 Å². The molecule has 3 saturated carbocycles. The second kappa shape index (κ2) is 7.91. The summed E-state index contributed by atoms with van der Waals surface area (Å²) in [6.07, 6.45) is 18.1. The molecule has 0 heterocycles. The summed E-state index contributed by atoms with van der Waals surface area (Å²) >= 11 is 3.57. The Bertz CT molecular complexity index is 759. The predicted octanol–water partition coefficient (Wildman–Crippen LogP) is 8.05. The van der Waals surface area contributed by atoms with Gasteiger partial charge in [0.2, 0.25) is 0 Å². The highest BCUT2D eigenvalue weighted by Crippen LogP contribution is 2.66. The van der Waals surface area contributed by atoms with E-state index in [2.05, 4.69) is 81.8 Å². The Labute approximate surface area is 193 Å². The number of hydrogen-bond donors (Lipinski definition) is 1. The van der Waals surface area contributed by atoms with Gasteiger partial charge in [0.1, 0.15) is 4.51 Å². The molecule has 0 unspecified atom stereocenters. The molecule has 0 amide bonds. The average Bonchev–Trinajstić information content (AvgIpc) is 3.03. The third kappa shape index (κ3) is 3.72. The first-order valence-corrected chi connectivity index (χ1v) is 13.3. The Morgan fingerprint density at radius 1 is 0.967 bits per heavy atom. The van der Waals surface area contributed by atoms with Crippen LogP contribution < -0.4 is 0 Å². The summed E-state index contributed by atoms with van der Waals surface area (Å²) in [5, 5.41) is 10.6. The van der Waals surface area contributed by atoms with Crippen molar-refractivity contribution < 1.29 is 5.11 Å². The van der Waals surface area contributed by atoms with Gasteiger partial charge in [0.15, 0.2) is 0 Å². The minimum Gasteiger partial charge on any atom is -0.379 e. The highest BCUT2D eigenvalue weighted by molar-refractivity contribution is 9.10. The Hall–Kier alpha value is -0.340. The molecule has 4 rings (SSSR count). The summed E-state index contributed by atoms with van der Waals surface area (Å²) in [5.74, 6) is 4.29. The average molecular weight is 476 g/mol. The lowest BCUT2D eigenvalue weighted by Gasteiger charge is -2.55. The highest BCUT2D eigenvalue weighted by Gasteiger charge is 2.57.